The summed E-state index contributed by atoms with van der Waals surface area (Å²) in [5.74, 6) is 0.336. The molecule has 0 aliphatic rings. The number of halogens is 2. The Bertz CT molecular complexity index is 1560. The zero-order valence-electron chi connectivity index (χ0n) is 20.9. The molecule has 0 heterocycles. The summed E-state index contributed by atoms with van der Waals surface area (Å²) in [6, 6.07) is 22.1. The summed E-state index contributed by atoms with van der Waals surface area (Å²) in [5.41, 5.74) is 0.304. The fourth-order valence-corrected chi connectivity index (χ4v) is 5.22. The Kier molecular flexibility index (Phi) is 8.58. The Labute approximate surface area is 230 Å². The van der Waals surface area contributed by atoms with Gasteiger partial charge in [-0.05, 0) is 78.9 Å². The van der Waals surface area contributed by atoms with Crippen molar-refractivity contribution in [3.8, 4) is 23.0 Å². The van der Waals surface area contributed by atoms with E-state index in [1.54, 1.807) is 36.4 Å². The number of hydrogen-bond acceptors (Lipinski definition) is 6. The van der Waals surface area contributed by atoms with Crippen molar-refractivity contribution < 1.29 is 31.8 Å². The van der Waals surface area contributed by atoms with Crippen molar-refractivity contribution in [3.63, 3.8) is 0 Å². The van der Waals surface area contributed by atoms with E-state index in [1.807, 2.05) is 0 Å². The van der Waals surface area contributed by atoms with Gasteiger partial charge in [-0.3, -0.25) is 9.10 Å². The van der Waals surface area contributed by atoms with E-state index in [-0.39, 0.29) is 22.0 Å². The van der Waals surface area contributed by atoms with Gasteiger partial charge < -0.3 is 19.5 Å². The lowest BCUT2D eigenvalue weighted by atomic mass is 10.2. The van der Waals surface area contributed by atoms with Crippen LogP contribution in [0, 0.1) is 5.82 Å². The maximum absolute atomic E-state index is 13.6. The highest BCUT2D eigenvalue weighted by Crippen LogP contribution is 2.36. The van der Waals surface area contributed by atoms with Crippen molar-refractivity contribution in [2.75, 3.05) is 30.4 Å². The van der Waals surface area contributed by atoms with Gasteiger partial charge in [0.05, 0.1) is 30.5 Å². The van der Waals surface area contributed by atoms with Crippen LogP contribution >= 0.6 is 11.6 Å². The van der Waals surface area contributed by atoms with Gasteiger partial charge in [-0.15, -0.1) is 0 Å². The highest BCUT2D eigenvalue weighted by molar-refractivity contribution is 7.92. The van der Waals surface area contributed by atoms with Crippen LogP contribution in [-0.4, -0.2) is 35.1 Å². The smallest absolute Gasteiger partial charge is 0.264 e. The lowest BCUT2D eigenvalue weighted by molar-refractivity contribution is -0.114. The van der Waals surface area contributed by atoms with Gasteiger partial charge in [0.15, 0.2) is 17.2 Å². The Hall–Kier alpha value is -4.28. The molecular weight excluding hydrogens is 547 g/mol. The molecule has 0 atom stereocenters. The van der Waals surface area contributed by atoms with Crippen LogP contribution < -0.4 is 23.8 Å². The quantitative estimate of drug-likeness (QED) is 0.247. The first kappa shape index (κ1) is 27.7. The molecule has 0 unspecified atom stereocenters. The van der Waals surface area contributed by atoms with Crippen LogP contribution in [0.25, 0.3) is 0 Å². The molecule has 4 rings (SSSR count). The number of rotatable bonds is 10. The summed E-state index contributed by atoms with van der Waals surface area (Å²) in [7, 11) is -1.28. The Balaban J connectivity index is 1.64. The first-order valence-corrected chi connectivity index (χ1v) is 13.4. The van der Waals surface area contributed by atoms with Crippen LogP contribution in [0.15, 0.2) is 95.9 Å². The first-order chi connectivity index (χ1) is 18.7. The average molecular weight is 571 g/mol. The zero-order valence-corrected chi connectivity index (χ0v) is 22.5. The number of amides is 1. The van der Waals surface area contributed by atoms with Crippen LogP contribution in [0.5, 0.6) is 23.0 Å². The second-order valence-electron chi connectivity index (χ2n) is 8.11. The molecule has 0 radical (unpaired) electrons. The van der Waals surface area contributed by atoms with Crippen molar-refractivity contribution in [1.82, 2.24) is 0 Å². The van der Waals surface area contributed by atoms with Gasteiger partial charge in [-0.2, -0.15) is 0 Å². The van der Waals surface area contributed by atoms with Gasteiger partial charge in [-0.25, -0.2) is 12.8 Å². The second kappa shape index (κ2) is 12.1. The molecule has 39 heavy (non-hydrogen) atoms. The highest BCUT2D eigenvalue weighted by atomic mass is 35.5. The number of ether oxygens (including phenoxy) is 3. The summed E-state index contributed by atoms with van der Waals surface area (Å²) < 4.78 is 58.1. The van der Waals surface area contributed by atoms with Gasteiger partial charge >= 0.3 is 0 Å². The predicted octanol–water partition coefficient (Wildman–Crippen LogP) is 6.12. The van der Waals surface area contributed by atoms with Gasteiger partial charge in [0.1, 0.15) is 18.1 Å². The Morgan fingerprint density at radius 1 is 0.872 bits per heavy atom. The maximum Gasteiger partial charge on any atom is 0.264 e. The number of anilines is 2. The topological polar surface area (TPSA) is 94.2 Å². The van der Waals surface area contributed by atoms with Crippen molar-refractivity contribution in [3.05, 3.63) is 102 Å². The zero-order chi connectivity index (χ0) is 28.0. The number of carbonyl (C=O) groups excluding carboxylic acids is 1. The largest absolute Gasteiger partial charge is 0.497 e. The molecule has 0 aliphatic heterocycles. The van der Waals surface area contributed by atoms with E-state index in [0.29, 0.717) is 22.3 Å². The normalized spacial score (nSPS) is 11.0. The molecule has 0 saturated carbocycles. The number of hydrogen-bond donors (Lipinski definition) is 1. The number of para-hydroxylation sites is 2. The molecule has 0 fully saturated rings. The van der Waals surface area contributed by atoms with Crippen molar-refractivity contribution in [2.24, 2.45) is 0 Å². The molecule has 4 aromatic carbocycles. The molecule has 4 aromatic rings. The van der Waals surface area contributed by atoms with E-state index in [2.05, 4.69) is 5.32 Å². The van der Waals surface area contributed by atoms with Gasteiger partial charge in [0, 0.05) is 5.02 Å². The highest BCUT2D eigenvalue weighted by Gasteiger charge is 2.28. The second-order valence-corrected chi connectivity index (χ2v) is 10.4. The summed E-state index contributed by atoms with van der Waals surface area (Å²) in [4.78, 5) is 13.2. The number of benzene rings is 4. The minimum atomic E-state index is -4.23. The molecule has 0 bridgehead atoms. The molecule has 0 spiro atoms. The van der Waals surface area contributed by atoms with Crippen LogP contribution in [-0.2, 0) is 14.8 Å². The molecule has 11 heteroatoms. The van der Waals surface area contributed by atoms with Gasteiger partial charge in [-0.1, -0.05) is 23.7 Å². The van der Waals surface area contributed by atoms with Crippen molar-refractivity contribution in [1.29, 1.82) is 0 Å². The van der Waals surface area contributed by atoms with Crippen LogP contribution in [0.4, 0.5) is 15.8 Å². The van der Waals surface area contributed by atoms with Crippen LogP contribution in [0.3, 0.4) is 0 Å². The molecule has 1 N–H and O–H groups in total. The third-order valence-electron chi connectivity index (χ3n) is 5.55. The average Bonchev–Trinajstić information content (AvgIpc) is 2.94. The lowest BCUT2D eigenvalue weighted by Gasteiger charge is -2.24. The molecule has 202 valence electrons. The molecule has 0 aliphatic carbocycles. The Morgan fingerprint density at radius 2 is 1.54 bits per heavy atom. The van der Waals surface area contributed by atoms with Crippen LogP contribution in [0.2, 0.25) is 5.02 Å². The number of nitrogens with one attached hydrogen (secondary N) is 1. The number of nitrogens with zero attached hydrogens (tertiary/aromatic N) is 1. The third-order valence-corrected chi connectivity index (χ3v) is 7.58. The fraction of sp³-hybridized carbons (Fsp3) is 0.107. The number of methoxy groups -OCH3 is 2. The molecule has 0 aromatic heterocycles. The van der Waals surface area contributed by atoms with E-state index in [4.69, 9.17) is 25.8 Å². The van der Waals surface area contributed by atoms with E-state index in [0.717, 1.165) is 16.4 Å². The van der Waals surface area contributed by atoms with E-state index in [9.17, 15) is 17.6 Å². The standard InChI is InChI=1S/C28H24ClFN2O6S/c1-36-22-12-14-23(15-13-22)39(34,35)32(21-10-8-20(30)9-11-21)18-28(33)31-24-17-19(29)7-16-25(24)38-27-6-4-3-5-26(27)37-2/h3-17H,18H2,1-2H3,(H,31,33). The Morgan fingerprint density at radius 3 is 2.18 bits per heavy atom. The van der Waals surface area contributed by atoms with Crippen LogP contribution in [0.1, 0.15) is 0 Å². The first-order valence-electron chi connectivity index (χ1n) is 11.5. The van der Waals surface area contributed by atoms with Gasteiger partial charge in [0.25, 0.3) is 10.0 Å². The summed E-state index contributed by atoms with van der Waals surface area (Å²) >= 11 is 6.17. The van der Waals surface area contributed by atoms with E-state index >= 15 is 0 Å². The summed E-state index contributed by atoms with van der Waals surface area (Å²) in [5, 5.41) is 2.99. The monoisotopic (exact) mass is 570 g/mol. The summed E-state index contributed by atoms with van der Waals surface area (Å²) in [6.07, 6.45) is 0. The van der Waals surface area contributed by atoms with E-state index < -0.39 is 28.3 Å². The molecular formula is C28H24ClFN2O6S. The number of carbonyl (C=O) groups is 1. The molecule has 1 amide bonds. The summed E-state index contributed by atoms with van der Waals surface area (Å²) in [6.45, 7) is -0.624. The third kappa shape index (κ3) is 6.60. The molecule has 0 saturated heterocycles. The lowest BCUT2D eigenvalue weighted by Crippen LogP contribution is -2.38. The number of sulfonamides is 1. The minimum Gasteiger partial charge on any atom is -0.497 e. The van der Waals surface area contributed by atoms with E-state index in [1.165, 1.54) is 56.7 Å². The fourth-order valence-electron chi connectivity index (χ4n) is 3.63. The predicted molar refractivity (Wildman–Crippen MR) is 147 cm³/mol. The van der Waals surface area contributed by atoms with Gasteiger partial charge in [0.2, 0.25) is 5.91 Å². The maximum atomic E-state index is 13.6. The van der Waals surface area contributed by atoms with Crippen molar-refractivity contribution in [2.45, 2.75) is 4.90 Å². The van der Waals surface area contributed by atoms with Crippen molar-refractivity contribution >= 4 is 38.9 Å². The minimum absolute atomic E-state index is 0.0802. The SMILES string of the molecule is COc1ccc(S(=O)(=O)N(CC(=O)Nc2cc(Cl)ccc2Oc2ccccc2OC)c2ccc(F)cc2)cc1. The molecule has 8 nitrogen and oxygen atoms in total.